The number of fused-ring (bicyclic) bond motifs is 4. The van der Waals surface area contributed by atoms with E-state index in [0.717, 1.165) is 38.0 Å². The van der Waals surface area contributed by atoms with Gasteiger partial charge in [-0.1, -0.05) is 13.8 Å². The molecule has 0 aromatic carbocycles. The smallest absolute Gasteiger partial charge is 0.263 e. The van der Waals surface area contributed by atoms with Crippen molar-refractivity contribution < 1.29 is 4.79 Å². The lowest BCUT2D eigenvalue weighted by Gasteiger charge is -2.36. The van der Waals surface area contributed by atoms with Crippen LogP contribution in [0.4, 0.5) is 0 Å². The van der Waals surface area contributed by atoms with Crippen LogP contribution in [-0.2, 0) is 6.54 Å². The van der Waals surface area contributed by atoms with E-state index >= 15 is 0 Å². The molecule has 25 heavy (non-hydrogen) atoms. The highest BCUT2D eigenvalue weighted by Crippen LogP contribution is 2.28. The molecule has 0 unspecified atom stereocenters. The van der Waals surface area contributed by atoms with Gasteiger partial charge in [-0.25, -0.2) is 0 Å². The number of nitrogens with zero attached hydrogens (tertiary/aromatic N) is 3. The molecule has 4 heterocycles. The van der Waals surface area contributed by atoms with Crippen LogP contribution >= 0.6 is 0 Å². The van der Waals surface area contributed by atoms with Crippen LogP contribution in [0.15, 0.2) is 17.1 Å². The van der Waals surface area contributed by atoms with Gasteiger partial charge >= 0.3 is 0 Å². The van der Waals surface area contributed by atoms with Crippen LogP contribution in [0.5, 0.6) is 0 Å². The number of carbonyl (C=O) groups excluding carboxylic acids is 1. The number of aromatic nitrogens is 1. The van der Waals surface area contributed by atoms with Gasteiger partial charge in [-0.15, -0.1) is 0 Å². The maximum absolute atomic E-state index is 13.3. The summed E-state index contributed by atoms with van der Waals surface area (Å²) in [4.78, 5) is 30.5. The summed E-state index contributed by atoms with van der Waals surface area (Å²) in [7, 11) is 2.13. The predicted molar refractivity (Wildman–Crippen MR) is 99.9 cm³/mol. The van der Waals surface area contributed by atoms with Gasteiger partial charge in [0, 0.05) is 38.4 Å². The van der Waals surface area contributed by atoms with Crippen molar-refractivity contribution in [2.24, 2.45) is 11.8 Å². The molecule has 3 fully saturated rings. The Morgan fingerprint density at radius 2 is 2.00 bits per heavy atom. The summed E-state index contributed by atoms with van der Waals surface area (Å²) >= 11 is 0. The summed E-state index contributed by atoms with van der Waals surface area (Å²) < 4.78 is 1.71. The van der Waals surface area contributed by atoms with Crippen LogP contribution in [-0.4, -0.2) is 53.0 Å². The van der Waals surface area contributed by atoms with Crippen molar-refractivity contribution >= 4 is 5.91 Å². The number of hydrogen-bond acceptors (Lipinski definition) is 3. The summed E-state index contributed by atoms with van der Waals surface area (Å²) in [6.07, 6.45) is 5.01. The summed E-state index contributed by atoms with van der Waals surface area (Å²) in [5, 5.41) is 0. The Hall–Kier alpha value is -1.62. The molecule has 1 aromatic heterocycles. The van der Waals surface area contributed by atoms with Crippen molar-refractivity contribution in [3.63, 3.8) is 0 Å². The SMILES string of the molecule is Cc1ccn(CCC(C)C)c(=O)c1C(=O)N1C[C@H]2CC[C@@H]1CN(C)C2. The third kappa shape index (κ3) is 3.81. The average Bonchev–Trinajstić information content (AvgIpc) is 2.82. The standard InChI is InChI=1S/C20H31N3O2/c1-14(2)7-9-22-10-8-15(3)18(19(22)24)20(25)23-12-16-5-6-17(23)13-21(4)11-16/h8,10,14,16-17H,5-7,9,11-13H2,1-4H3/t16-,17+/m0/s1. The summed E-state index contributed by atoms with van der Waals surface area (Å²) in [6, 6.07) is 2.15. The molecule has 4 rings (SSSR count). The first-order valence-electron chi connectivity index (χ1n) is 9.56. The van der Waals surface area contributed by atoms with E-state index in [1.165, 1.54) is 6.42 Å². The Morgan fingerprint density at radius 1 is 1.24 bits per heavy atom. The minimum absolute atomic E-state index is 0.0635. The van der Waals surface area contributed by atoms with Gasteiger partial charge < -0.3 is 14.4 Å². The molecule has 138 valence electrons. The second-order valence-electron chi connectivity index (χ2n) is 8.33. The van der Waals surface area contributed by atoms with E-state index in [9.17, 15) is 9.59 Å². The van der Waals surface area contributed by atoms with Crippen molar-refractivity contribution in [1.82, 2.24) is 14.4 Å². The number of likely N-dealkylation sites (N-methyl/N-ethyl adjacent to an activating group) is 1. The highest BCUT2D eigenvalue weighted by atomic mass is 16.2. The van der Waals surface area contributed by atoms with E-state index in [1.54, 1.807) is 4.57 Å². The zero-order valence-electron chi connectivity index (χ0n) is 16.0. The summed E-state index contributed by atoms with van der Waals surface area (Å²) in [6.45, 7) is 9.59. The van der Waals surface area contributed by atoms with Gasteiger partial charge in [0.05, 0.1) is 0 Å². The minimum Gasteiger partial charge on any atom is -0.334 e. The summed E-state index contributed by atoms with van der Waals surface area (Å²) in [5.74, 6) is 0.996. The van der Waals surface area contributed by atoms with Crippen molar-refractivity contribution in [1.29, 1.82) is 0 Å². The maximum atomic E-state index is 13.3. The molecule has 3 saturated heterocycles. The number of rotatable bonds is 4. The van der Waals surface area contributed by atoms with Crippen molar-refractivity contribution in [2.75, 3.05) is 26.7 Å². The average molecular weight is 345 g/mol. The zero-order valence-corrected chi connectivity index (χ0v) is 16.0. The van der Waals surface area contributed by atoms with Gasteiger partial charge in [0.25, 0.3) is 11.5 Å². The van der Waals surface area contributed by atoms with Crippen LogP contribution in [0.2, 0.25) is 0 Å². The van der Waals surface area contributed by atoms with Gasteiger partial charge in [0.1, 0.15) is 5.56 Å². The van der Waals surface area contributed by atoms with Crippen molar-refractivity contribution in [2.45, 2.75) is 52.6 Å². The molecule has 2 atom stereocenters. The monoisotopic (exact) mass is 345 g/mol. The molecule has 0 spiro atoms. The van der Waals surface area contributed by atoms with Crippen molar-refractivity contribution in [3.05, 3.63) is 33.7 Å². The van der Waals surface area contributed by atoms with Crippen LogP contribution in [0.25, 0.3) is 0 Å². The summed E-state index contributed by atoms with van der Waals surface area (Å²) in [5.41, 5.74) is 1.05. The highest BCUT2D eigenvalue weighted by molar-refractivity contribution is 5.95. The van der Waals surface area contributed by atoms with E-state index < -0.39 is 0 Å². The number of amides is 1. The predicted octanol–water partition coefficient (Wildman–Crippen LogP) is 2.37. The largest absolute Gasteiger partial charge is 0.334 e. The van der Waals surface area contributed by atoms with E-state index in [-0.39, 0.29) is 17.5 Å². The minimum atomic E-state index is -0.126. The van der Waals surface area contributed by atoms with E-state index in [2.05, 4.69) is 25.8 Å². The quantitative estimate of drug-likeness (QED) is 0.842. The Bertz CT molecular complexity index is 695. The topological polar surface area (TPSA) is 45.6 Å². The van der Waals surface area contributed by atoms with Crippen molar-refractivity contribution in [3.8, 4) is 0 Å². The fourth-order valence-corrected chi connectivity index (χ4v) is 4.21. The van der Waals surface area contributed by atoms with Gasteiger partial charge in [-0.2, -0.15) is 0 Å². The third-order valence-corrected chi connectivity index (χ3v) is 5.69. The Morgan fingerprint density at radius 3 is 2.72 bits per heavy atom. The molecular weight excluding hydrogens is 314 g/mol. The first-order valence-corrected chi connectivity index (χ1v) is 9.56. The first kappa shape index (κ1) is 18.2. The molecule has 3 aliphatic rings. The molecule has 0 radical (unpaired) electrons. The molecule has 5 heteroatoms. The zero-order chi connectivity index (χ0) is 18.1. The van der Waals surface area contributed by atoms with E-state index in [4.69, 9.17) is 0 Å². The Kier molecular flexibility index (Phi) is 5.32. The molecular formula is C20H31N3O2. The fourth-order valence-electron chi connectivity index (χ4n) is 4.21. The van der Waals surface area contributed by atoms with Gasteiger partial charge in [-0.05, 0) is 56.7 Å². The molecule has 0 aliphatic carbocycles. The number of pyridine rings is 1. The van der Waals surface area contributed by atoms with Crippen LogP contribution in [0, 0.1) is 18.8 Å². The van der Waals surface area contributed by atoms with Gasteiger partial charge in [-0.3, -0.25) is 9.59 Å². The lowest BCUT2D eigenvalue weighted by molar-refractivity contribution is 0.0583. The van der Waals surface area contributed by atoms with Gasteiger partial charge in [0.2, 0.25) is 0 Å². The molecule has 1 amide bonds. The highest BCUT2D eigenvalue weighted by Gasteiger charge is 2.37. The first-order chi connectivity index (χ1) is 11.9. The van der Waals surface area contributed by atoms with Crippen LogP contribution in [0.1, 0.15) is 49.0 Å². The second-order valence-corrected chi connectivity index (χ2v) is 8.33. The lowest BCUT2D eigenvalue weighted by atomic mass is 9.94. The Balaban J connectivity index is 1.89. The molecule has 2 bridgehead atoms. The van der Waals surface area contributed by atoms with Crippen LogP contribution in [0.3, 0.4) is 0 Å². The number of piperidine rings is 1. The molecule has 1 aromatic rings. The van der Waals surface area contributed by atoms with E-state index in [1.807, 2.05) is 24.1 Å². The number of aryl methyl sites for hydroxylation is 2. The fraction of sp³-hybridized carbons (Fsp3) is 0.700. The normalized spacial score (nSPS) is 24.0. The number of carbonyl (C=O) groups is 1. The molecule has 0 saturated carbocycles. The molecule has 5 nitrogen and oxygen atoms in total. The third-order valence-electron chi connectivity index (χ3n) is 5.69. The molecule has 0 N–H and O–H groups in total. The maximum Gasteiger partial charge on any atom is 0.263 e. The van der Waals surface area contributed by atoms with Crippen LogP contribution < -0.4 is 5.56 Å². The van der Waals surface area contributed by atoms with E-state index in [0.29, 0.717) is 23.9 Å². The van der Waals surface area contributed by atoms with Gasteiger partial charge in [0.15, 0.2) is 0 Å². The number of hydrogen-bond donors (Lipinski definition) is 0. The Labute approximate surface area is 150 Å². The molecule has 3 aliphatic heterocycles. The second kappa shape index (κ2) is 7.32. The lowest BCUT2D eigenvalue weighted by Crippen LogP contribution is -2.49.